The average molecular weight is 1040 g/mol. The van der Waals surface area contributed by atoms with Crippen LogP contribution in [0.3, 0.4) is 0 Å². The van der Waals surface area contributed by atoms with E-state index in [0.717, 1.165) is 21.6 Å². The van der Waals surface area contributed by atoms with Crippen molar-refractivity contribution in [3.63, 3.8) is 0 Å². The third-order valence-electron chi connectivity index (χ3n) is 13.2. The maximum atomic E-state index is 15.4. The maximum absolute atomic E-state index is 15.4. The Kier molecular flexibility index (Phi) is 14.4. The number of hydrogen-bond acceptors (Lipinski definition) is 11. The highest BCUT2D eigenvalue weighted by molar-refractivity contribution is 7.86. The Morgan fingerprint density at radius 3 is 1.64 bits per heavy atom. The normalized spacial score (nSPS) is 16.7. The lowest BCUT2D eigenvalue weighted by molar-refractivity contribution is -0.153. The number of nitrogens with two attached hydrogens (primary N) is 1. The molecule has 370 valence electrons. The van der Waals surface area contributed by atoms with E-state index in [0.29, 0.717) is 33.0 Å². The van der Waals surface area contributed by atoms with Crippen LogP contribution in [0.25, 0.3) is 0 Å². The lowest BCUT2D eigenvalue weighted by Gasteiger charge is -2.49. The minimum absolute atomic E-state index is 0.0155. The summed E-state index contributed by atoms with van der Waals surface area (Å²) in [4.78, 5) is 57.2. The van der Waals surface area contributed by atoms with Crippen molar-refractivity contribution >= 4 is 62.2 Å². The number of benzene rings is 7. The number of nitrogens with one attached hydrogen (secondary N) is 1. The molecule has 2 aliphatic rings. The van der Waals surface area contributed by atoms with Crippen molar-refractivity contribution in [2.45, 2.75) is 29.0 Å². The minimum Gasteiger partial charge on any atom is -0.497 e. The van der Waals surface area contributed by atoms with Gasteiger partial charge in [-0.05, 0) is 40.0 Å². The van der Waals surface area contributed by atoms with Crippen LogP contribution in [0, 0.1) is 0 Å². The average Bonchev–Trinajstić information content (AvgIpc) is 3.85. The van der Waals surface area contributed by atoms with Crippen LogP contribution < -0.4 is 15.8 Å². The van der Waals surface area contributed by atoms with Crippen LogP contribution in [0.15, 0.2) is 223 Å². The number of nitrogen functional groups attached to an aromatic ring is 1. The number of thiazole rings is 1. The number of alkyl halides is 1. The second-order valence-corrected chi connectivity index (χ2v) is 20.3. The number of oxime groups is 1. The molecule has 8 aromatic rings. The molecule has 0 spiro atoms. The summed E-state index contributed by atoms with van der Waals surface area (Å²) in [5.41, 5.74) is 9.81. The number of ether oxygens (including phenoxy) is 2. The van der Waals surface area contributed by atoms with Gasteiger partial charge in [-0.25, -0.2) is 9.78 Å². The van der Waals surface area contributed by atoms with Crippen LogP contribution >= 0.6 is 22.9 Å². The Hall–Kier alpha value is -8.17. The SMILES string of the molecule is COc1ccc(COC(=O)C2=C(CCl)CS(=O)[C@@H]3C(NC(=O)/C(=N\OC(c4ccccc4)(c4ccccc4)c4ccccc4)c4nc(C(c5ccccc5)(c5ccccc5)c5ccccc5)sc4N)C(=O)N23)cc1. The van der Waals surface area contributed by atoms with Crippen molar-refractivity contribution in [3.05, 3.63) is 267 Å². The van der Waals surface area contributed by atoms with Gasteiger partial charge in [-0.1, -0.05) is 211 Å². The number of halogens is 1. The van der Waals surface area contributed by atoms with E-state index in [1.807, 2.05) is 182 Å². The number of fused-ring (bicyclic) bond motifs is 1. The van der Waals surface area contributed by atoms with Crippen molar-refractivity contribution in [1.29, 1.82) is 0 Å². The van der Waals surface area contributed by atoms with Gasteiger partial charge in [0.05, 0.1) is 29.1 Å². The first-order chi connectivity index (χ1) is 36.2. The zero-order chi connectivity index (χ0) is 51.2. The molecule has 3 N–H and O–H groups in total. The molecule has 1 saturated heterocycles. The van der Waals surface area contributed by atoms with Gasteiger partial charge in [-0.15, -0.1) is 11.6 Å². The molecule has 0 bridgehead atoms. The van der Waals surface area contributed by atoms with E-state index in [4.69, 9.17) is 41.8 Å². The van der Waals surface area contributed by atoms with Crippen LogP contribution in [-0.2, 0) is 52.4 Å². The smallest absolute Gasteiger partial charge is 0.355 e. The van der Waals surface area contributed by atoms with Crippen LogP contribution in [0.4, 0.5) is 5.00 Å². The Morgan fingerprint density at radius 2 is 1.19 bits per heavy atom. The van der Waals surface area contributed by atoms with Crippen LogP contribution in [-0.4, -0.2) is 67.7 Å². The van der Waals surface area contributed by atoms with E-state index in [2.05, 4.69) is 5.32 Å². The summed E-state index contributed by atoms with van der Waals surface area (Å²) in [6, 6.07) is 63.9. The summed E-state index contributed by atoms with van der Waals surface area (Å²) in [5.74, 6) is -2.12. The van der Waals surface area contributed by atoms with Gasteiger partial charge < -0.3 is 25.4 Å². The van der Waals surface area contributed by atoms with Gasteiger partial charge in [-0.2, -0.15) is 0 Å². The molecule has 15 heteroatoms. The first-order valence-electron chi connectivity index (χ1n) is 23.6. The second kappa shape index (κ2) is 21.5. The summed E-state index contributed by atoms with van der Waals surface area (Å²) in [5, 5.41) is 7.15. The molecule has 10 rings (SSSR count). The zero-order valence-corrected chi connectivity index (χ0v) is 42.3. The topological polar surface area (TPSA) is 163 Å². The largest absolute Gasteiger partial charge is 0.497 e. The molecule has 0 radical (unpaired) electrons. The third-order valence-corrected chi connectivity index (χ3v) is 16.2. The number of anilines is 1. The molecule has 0 aliphatic carbocycles. The molecule has 1 fully saturated rings. The Balaban J connectivity index is 1.10. The van der Waals surface area contributed by atoms with Gasteiger partial charge in [0.2, 0.25) is 5.60 Å². The Bertz CT molecular complexity index is 3190. The fourth-order valence-corrected chi connectivity index (χ4v) is 12.8. The van der Waals surface area contributed by atoms with Gasteiger partial charge >= 0.3 is 5.97 Å². The fraction of sp³-hybridized carbons (Fsp3) is 0.136. The van der Waals surface area contributed by atoms with Crippen molar-refractivity contribution in [2.24, 2.45) is 5.16 Å². The second-order valence-electron chi connectivity index (χ2n) is 17.5. The van der Waals surface area contributed by atoms with Gasteiger partial charge in [-0.3, -0.25) is 18.7 Å². The van der Waals surface area contributed by atoms with E-state index in [9.17, 15) is 13.8 Å². The number of rotatable bonds is 17. The van der Waals surface area contributed by atoms with E-state index in [1.54, 1.807) is 31.4 Å². The summed E-state index contributed by atoms with van der Waals surface area (Å²) in [7, 11) is -0.266. The van der Waals surface area contributed by atoms with Gasteiger partial charge in [0, 0.05) is 22.6 Å². The van der Waals surface area contributed by atoms with Crippen LogP contribution in [0.1, 0.15) is 49.6 Å². The predicted octanol–water partition coefficient (Wildman–Crippen LogP) is 9.48. The summed E-state index contributed by atoms with van der Waals surface area (Å²) in [6.07, 6.45) is 0. The van der Waals surface area contributed by atoms with E-state index >= 15 is 4.79 Å². The number of carbonyl (C=O) groups excluding carboxylic acids is 3. The molecule has 12 nitrogen and oxygen atoms in total. The Morgan fingerprint density at radius 1 is 0.730 bits per heavy atom. The molecule has 7 aromatic carbocycles. The zero-order valence-electron chi connectivity index (χ0n) is 39.9. The molecule has 2 amide bonds. The lowest BCUT2D eigenvalue weighted by Crippen LogP contribution is -2.74. The highest BCUT2D eigenvalue weighted by atomic mass is 35.5. The minimum atomic E-state index is -1.82. The first-order valence-corrected chi connectivity index (χ1v) is 26.4. The van der Waals surface area contributed by atoms with Crippen molar-refractivity contribution in [2.75, 3.05) is 24.5 Å². The van der Waals surface area contributed by atoms with Gasteiger partial charge in [0.15, 0.2) is 5.71 Å². The number of carbonyl (C=O) groups is 3. The quantitative estimate of drug-likeness (QED) is 0.0226. The van der Waals surface area contributed by atoms with Crippen LogP contribution in [0.2, 0.25) is 0 Å². The highest BCUT2D eigenvalue weighted by Crippen LogP contribution is 2.48. The number of hydrogen-bond donors (Lipinski definition) is 2. The van der Waals surface area contributed by atoms with Crippen molar-refractivity contribution in [1.82, 2.24) is 15.2 Å². The molecule has 1 aromatic heterocycles. The van der Waals surface area contributed by atoms with Crippen molar-refractivity contribution < 1.29 is 32.9 Å². The molecule has 0 saturated carbocycles. The fourth-order valence-electron chi connectivity index (χ4n) is 9.67. The van der Waals surface area contributed by atoms with Crippen molar-refractivity contribution in [3.8, 4) is 5.75 Å². The number of β-lactam (4-membered cyclic amide) rings is 1. The molecule has 3 atom stereocenters. The molecule has 74 heavy (non-hydrogen) atoms. The molecular weight excluding hydrogens is 990 g/mol. The number of esters is 1. The number of nitrogens with zero attached hydrogens (tertiary/aromatic N) is 3. The molecule has 2 unspecified atom stereocenters. The molecule has 3 heterocycles. The van der Waals surface area contributed by atoms with E-state index in [-0.39, 0.29) is 45.9 Å². The summed E-state index contributed by atoms with van der Waals surface area (Å²) < 4.78 is 25.1. The predicted molar refractivity (Wildman–Crippen MR) is 288 cm³/mol. The monoisotopic (exact) mass is 1040 g/mol. The lowest BCUT2D eigenvalue weighted by atomic mass is 9.70. The number of amides is 2. The van der Waals surface area contributed by atoms with Gasteiger partial charge in [0.1, 0.15) is 45.2 Å². The summed E-state index contributed by atoms with van der Waals surface area (Å²) >= 11 is 7.54. The van der Waals surface area contributed by atoms with E-state index < -0.39 is 51.0 Å². The highest BCUT2D eigenvalue weighted by Gasteiger charge is 2.58. The standard InChI is InChI=1S/C59H48ClN5O7S2/c1-70-47-34-32-39(33-35-47)37-71-56(68)51-40(36-60)38-74(69)55-50(54(67)65(51)55)62-53(66)49(64-72-59(44-26-14-5-15-27-44,45-28-16-6-17-29-45)46-30-18-7-19-31-46)48-52(61)73-57(63-48)58(41-20-8-2-9-21-41,42-22-10-3-11-23-42)43-24-12-4-13-25-43/h2-35,50,55H,36-38,61H2,1H3,(H,62,66)/b64-49-/t50?,55-,74?/m1/s1. The maximum Gasteiger partial charge on any atom is 0.355 e. The summed E-state index contributed by atoms with van der Waals surface area (Å²) in [6.45, 7) is -0.120. The van der Waals surface area contributed by atoms with E-state index in [1.165, 1.54) is 11.3 Å². The number of methoxy groups -OCH3 is 1. The molecular formula is C59H48ClN5O7S2. The van der Waals surface area contributed by atoms with Crippen LogP contribution in [0.5, 0.6) is 5.75 Å². The third kappa shape index (κ3) is 9.05. The molecule has 2 aliphatic heterocycles. The number of aromatic nitrogens is 1. The first kappa shape index (κ1) is 49.4. The Labute approximate surface area is 439 Å². The van der Waals surface area contributed by atoms with Gasteiger partial charge in [0.25, 0.3) is 11.8 Å².